The second-order valence-corrected chi connectivity index (χ2v) is 31.4. The van der Waals surface area contributed by atoms with Crippen LogP contribution in [0, 0.1) is 31.6 Å². The number of hydrogen-bond donors (Lipinski definition) is 0. The minimum Gasteiger partial charge on any atom is -0.176 e. The molecule has 0 N–H and O–H groups in total. The van der Waals surface area contributed by atoms with Crippen LogP contribution < -0.4 is 48.1 Å². The Balaban J connectivity index is 0.00000337. The number of rotatable bonds is 12. The molecule has 12 rings (SSSR count). The monoisotopic (exact) mass is 1520 g/mol. The maximum absolute atomic E-state index is 14.6. The molecule has 0 saturated carbocycles. The normalized spacial score (nSPS) is 12.7. The van der Waals surface area contributed by atoms with E-state index >= 15 is 0 Å². The number of alkyl halides is 18. The first kappa shape index (κ1) is 71.9. The third kappa shape index (κ3) is 13.9. The van der Waals surface area contributed by atoms with Crippen molar-refractivity contribution < 1.29 is 98.5 Å². The summed E-state index contributed by atoms with van der Waals surface area (Å²) >= 11 is 0. The topological polar surface area (TPSA) is 62.4 Å². The largest absolute Gasteiger partial charge is 0.416 e. The Morgan fingerprint density at radius 1 is 0.247 bits per heavy atom. The van der Waals surface area contributed by atoms with E-state index in [0.29, 0.717) is 65.7 Å². The molecule has 0 unspecified atom stereocenters. The molecular weight excluding hydrogens is 1470 g/mol. The molecule has 3 heterocycles. The van der Waals surface area contributed by atoms with Crippen LogP contribution >= 0.6 is 32.1 Å². The van der Waals surface area contributed by atoms with E-state index in [1.165, 1.54) is 72.8 Å². The number of fused-ring (bicyclic) bond motifs is 3. The van der Waals surface area contributed by atoms with E-state index in [-0.39, 0.29) is 51.3 Å². The van der Waals surface area contributed by atoms with Crippen molar-refractivity contribution in [2.24, 2.45) is 0 Å². The van der Waals surface area contributed by atoms with Crippen molar-refractivity contribution in [2.75, 3.05) is 0 Å². The van der Waals surface area contributed by atoms with Crippen molar-refractivity contribution in [3.05, 3.63) is 268 Å². The fraction of sp³-hybridized carbons (Fsp3) is 0.130. The summed E-state index contributed by atoms with van der Waals surface area (Å²) in [7, 11) is -12.4. The van der Waals surface area contributed by atoms with Gasteiger partial charge in [-0.25, -0.2) is 0 Å². The van der Waals surface area contributed by atoms with Crippen molar-refractivity contribution in [1.29, 1.82) is 10.8 Å². The van der Waals surface area contributed by atoms with Gasteiger partial charge >= 0.3 is 37.1 Å². The molecule has 3 aromatic heterocycles. The molecule has 0 bridgehead atoms. The van der Waals surface area contributed by atoms with Crippen LogP contribution in [0.5, 0.6) is 0 Å². The molecule has 97 heavy (non-hydrogen) atoms. The zero-order valence-corrected chi connectivity index (χ0v) is 55.9. The predicted octanol–water partition coefficient (Wildman–Crippen LogP) is 18.0. The Bertz CT molecular complexity index is 4190. The Kier molecular flexibility index (Phi) is 20.1. The zero-order valence-electron chi connectivity index (χ0n) is 50.2. The third-order valence-electron chi connectivity index (χ3n) is 16.7. The van der Waals surface area contributed by atoms with E-state index in [4.69, 9.17) is 10.8 Å². The summed E-state index contributed by atoms with van der Waals surface area (Å²) in [6, 6.07) is 45.8. The molecule has 5 nitrogen and oxygen atoms in total. The Morgan fingerprint density at radius 2 is 0.402 bits per heavy atom. The summed E-state index contributed by atoms with van der Waals surface area (Å²) in [6.45, 7) is 5.33. The first-order valence-electron chi connectivity index (χ1n) is 28.8. The SMILES string of the molecule is Cc1c([PH+](c2c(C)c3ccccc3n2[PH+](c2ccc(C(F)(F)F)cc2)c2ccc(C(F)(F)F)cc2)c2c(C)c3ccccc3n2[PH+](c2ccc(C(F)(F)F)cc2)c2ccc(C(F)(F)F)cc2)n([PH+](c2ccc(C(F)(F)F)cc2)c2ccc(C(F)(F)F)cc2)c2ccccc12.N#N.[Ru]. The van der Waals surface area contributed by atoms with Gasteiger partial charge in [0.1, 0.15) is 31.8 Å². The number of aryl methyl sites for hydroxylation is 3. The fourth-order valence-corrected chi connectivity index (χ4v) is 25.5. The number of halogens is 18. The van der Waals surface area contributed by atoms with Crippen LogP contribution in [0.1, 0.15) is 50.1 Å². The zero-order chi connectivity index (χ0) is 69.4. The van der Waals surface area contributed by atoms with Crippen molar-refractivity contribution in [3.8, 4) is 0 Å². The van der Waals surface area contributed by atoms with Gasteiger partial charge in [-0.2, -0.15) is 92.0 Å². The van der Waals surface area contributed by atoms with Gasteiger partial charge in [0.25, 0.3) is 0 Å². The summed E-state index contributed by atoms with van der Waals surface area (Å²) in [6.07, 6.45) is -29.1. The molecule has 0 saturated heterocycles. The molecule has 0 aliphatic heterocycles. The van der Waals surface area contributed by atoms with Gasteiger partial charge in [0.05, 0.1) is 49.9 Å². The van der Waals surface area contributed by atoms with E-state index in [1.54, 1.807) is 93.6 Å². The molecular formula is C69H49F18N5P4Ru+4. The van der Waals surface area contributed by atoms with Gasteiger partial charge in [0.15, 0.2) is 32.1 Å². The average molecular weight is 1520 g/mol. The number of hydrogen-bond acceptors (Lipinski definition) is 2. The molecule has 0 amide bonds. The minimum atomic E-state index is -4.85. The summed E-state index contributed by atoms with van der Waals surface area (Å²) in [4.78, 5) is 0. The van der Waals surface area contributed by atoms with Gasteiger partial charge in [-0.1, -0.05) is 54.6 Å². The first-order valence-corrected chi connectivity index (χ1v) is 34.6. The van der Waals surface area contributed by atoms with Crippen LogP contribution in [-0.2, 0) is 56.5 Å². The second kappa shape index (κ2) is 27.1. The molecule has 0 aliphatic carbocycles. The molecule has 0 fully saturated rings. The predicted molar refractivity (Wildman–Crippen MR) is 348 cm³/mol. The quantitative estimate of drug-likeness (QED) is 0.0530. The molecule has 9 aromatic carbocycles. The third-order valence-corrected chi connectivity index (χ3v) is 28.6. The fourth-order valence-electron chi connectivity index (χ4n) is 12.3. The Labute approximate surface area is 558 Å². The Morgan fingerprint density at radius 3 is 0.557 bits per heavy atom. The maximum atomic E-state index is 14.6. The van der Waals surface area contributed by atoms with E-state index in [0.717, 1.165) is 72.8 Å². The van der Waals surface area contributed by atoms with Crippen LogP contribution in [0.3, 0.4) is 0 Å². The number of aromatic nitrogens is 3. The molecule has 0 atom stereocenters. The number of benzene rings is 9. The summed E-state index contributed by atoms with van der Waals surface area (Å²) in [5, 5.41) is 15.0. The van der Waals surface area contributed by atoms with Crippen LogP contribution in [0.2, 0.25) is 0 Å². The molecule has 0 spiro atoms. The van der Waals surface area contributed by atoms with Crippen molar-refractivity contribution >= 4 is 113 Å². The van der Waals surface area contributed by atoms with Gasteiger partial charge in [0, 0.05) is 63.1 Å². The number of nitrogens with zero attached hydrogens (tertiary/aromatic N) is 5. The van der Waals surface area contributed by atoms with Crippen LogP contribution in [0.15, 0.2) is 218 Å². The van der Waals surface area contributed by atoms with Gasteiger partial charge in [-0.15, -0.1) is 0 Å². The summed E-state index contributed by atoms with van der Waals surface area (Å²) in [5.74, 6) is 0. The second-order valence-electron chi connectivity index (χ2n) is 22.3. The smallest absolute Gasteiger partial charge is 0.176 e. The van der Waals surface area contributed by atoms with Crippen molar-refractivity contribution in [1.82, 2.24) is 13.0 Å². The number of para-hydroxylation sites is 3. The van der Waals surface area contributed by atoms with E-state index in [1.807, 2.05) is 13.0 Å². The van der Waals surface area contributed by atoms with Crippen LogP contribution in [-0.4, -0.2) is 13.0 Å². The summed E-state index contributed by atoms with van der Waals surface area (Å²) < 4.78 is 269. The molecule has 500 valence electrons. The first-order chi connectivity index (χ1) is 45.2. The average Bonchev–Trinajstić information content (AvgIpc) is 1.55. The van der Waals surface area contributed by atoms with Crippen LogP contribution in [0.25, 0.3) is 32.7 Å². The Hall–Kier alpha value is -7.90. The van der Waals surface area contributed by atoms with Gasteiger partial charge < -0.3 is 0 Å². The minimum absolute atomic E-state index is 0. The standard InChI is InChI=1S/C69H45F18N3P4.N2.Ru/c1-40-55-10-4-7-13-58(55)88(92(49-28-16-43(17-29-49)64(70,71)72)50-30-18-44(19-31-50)65(73,74)75)61(40)91(62-41(2)56-11-5-8-14-59(56)89(62)93(51-32-20-45(21-33-51)66(76,77)78)52-34-22-46(23-35-52)67(79,80)81)63-42(3)57-12-6-9-15-60(57)90(63)94(53-36-24-47(25-37-53)68(82,83)84)54-38-26-48(27-39-54)69(85,86)87;1-2;/h4-39H,1-3H3;;/p+4. The molecule has 0 aliphatic rings. The van der Waals surface area contributed by atoms with Crippen molar-refractivity contribution in [3.63, 3.8) is 0 Å². The van der Waals surface area contributed by atoms with Crippen LogP contribution in [0.4, 0.5) is 79.0 Å². The van der Waals surface area contributed by atoms with Crippen molar-refractivity contribution in [2.45, 2.75) is 57.8 Å². The summed E-state index contributed by atoms with van der Waals surface area (Å²) in [5.41, 5.74) is -2.23. The van der Waals surface area contributed by atoms with Gasteiger partial charge in [-0.3, -0.25) is 0 Å². The van der Waals surface area contributed by atoms with Gasteiger partial charge in [0.2, 0.25) is 16.3 Å². The van der Waals surface area contributed by atoms with E-state index < -0.39 is 103 Å². The molecule has 28 heteroatoms. The van der Waals surface area contributed by atoms with E-state index in [9.17, 15) is 79.0 Å². The maximum Gasteiger partial charge on any atom is 0.416 e. The van der Waals surface area contributed by atoms with E-state index in [2.05, 4.69) is 0 Å². The molecule has 0 radical (unpaired) electrons. The molecule has 12 aromatic rings. The van der Waals surface area contributed by atoms with Gasteiger partial charge in [-0.05, 0) is 185 Å².